The lowest BCUT2D eigenvalue weighted by molar-refractivity contribution is 0.0522. The minimum absolute atomic E-state index is 0.411. The summed E-state index contributed by atoms with van der Waals surface area (Å²) in [6, 6.07) is 51.9. The van der Waals surface area contributed by atoms with Crippen LogP contribution in [0, 0.1) is 0 Å². The molecule has 0 spiro atoms. The number of ether oxygens (including phenoxy) is 1. The van der Waals surface area contributed by atoms with E-state index in [1.165, 1.54) is 0 Å². The molecule has 0 aliphatic rings. The van der Waals surface area contributed by atoms with Gasteiger partial charge in [-0.3, -0.25) is 0 Å². The van der Waals surface area contributed by atoms with Crippen LogP contribution in [0.5, 0.6) is 0 Å². The lowest BCUT2D eigenvalue weighted by atomic mass is 10.1. The van der Waals surface area contributed by atoms with E-state index < -0.39 is 6.10 Å². The van der Waals surface area contributed by atoms with Gasteiger partial charge in [0.1, 0.15) is 11.6 Å². The molecule has 0 bridgehead atoms. The van der Waals surface area contributed by atoms with E-state index in [0.717, 1.165) is 62.2 Å². The molecule has 5 nitrogen and oxygen atoms in total. The molecule has 5 aromatic carbocycles. The van der Waals surface area contributed by atoms with Crippen molar-refractivity contribution >= 4 is 0 Å². The van der Waals surface area contributed by atoms with Crippen LogP contribution in [0.2, 0.25) is 0 Å². The van der Waals surface area contributed by atoms with E-state index in [4.69, 9.17) is 14.7 Å². The maximum Gasteiger partial charge on any atom is 0.173 e. The lowest BCUT2D eigenvalue weighted by Crippen LogP contribution is -2.16. The van der Waals surface area contributed by atoms with Crippen molar-refractivity contribution in [3.05, 3.63) is 169 Å². The van der Waals surface area contributed by atoms with Crippen LogP contribution in [0.15, 0.2) is 152 Å². The van der Waals surface area contributed by atoms with Crippen LogP contribution in [0.1, 0.15) is 23.3 Å². The largest absolute Gasteiger partial charge is 0.358 e. The zero-order valence-electron chi connectivity index (χ0n) is 25.4. The molecular formula is C40H34N4O. The van der Waals surface area contributed by atoms with Gasteiger partial charge in [-0.1, -0.05) is 152 Å². The molecule has 0 aliphatic carbocycles. The minimum atomic E-state index is -0.556. The number of hydrogen-bond acceptors (Lipinski definition) is 3. The van der Waals surface area contributed by atoms with Crippen molar-refractivity contribution in [2.45, 2.75) is 12.7 Å². The number of nitrogens with zero attached hydrogens (tertiary/aromatic N) is 4. The topological polar surface area (TPSA) is 44.9 Å². The van der Waals surface area contributed by atoms with E-state index in [0.29, 0.717) is 6.61 Å². The zero-order chi connectivity index (χ0) is 30.6. The Morgan fingerprint density at radius 3 is 1.18 bits per heavy atom. The van der Waals surface area contributed by atoms with Crippen LogP contribution in [0.4, 0.5) is 0 Å². The highest BCUT2D eigenvalue weighted by atomic mass is 16.5. The molecule has 0 unspecified atom stereocenters. The predicted octanol–water partition coefficient (Wildman–Crippen LogP) is 9.13. The monoisotopic (exact) mass is 586 g/mol. The van der Waals surface area contributed by atoms with Gasteiger partial charge in [0.15, 0.2) is 6.10 Å². The van der Waals surface area contributed by atoms with Crippen molar-refractivity contribution in [3.63, 3.8) is 0 Å². The number of aromatic nitrogens is 4. The molecule has 0 saturated carbocycles. The van der Waals surface area contributed by atoms with E-state index in [-0.39, 0.29) is 0 Å². The Labute approximate surface area is 264 Å². The van der Waals surface area contributed by atoms with Crippen LogP contribution in [-0.2, 0) is 25.4 Å². The first-order valence-corrected chi connectivity index (χ1v) is 15.2. The Hall–Kier alpha value is -5.52. The van der Waals surface area contributed by atoms with Gasteiger partial charge in [0.25, 0.3) is 0 Å². The fraction of sp³-hybridized carbons (Fsp3) is 0.100. The summed E-state index contributed by atoms with van der Waals surface area (Å²) < 4.78 is 11.2. The first kappa shape index (κ1) is 28.3. The maximum absolute atomic E-state index is 6.88. The summed E-state index contributed by atoms with van der Waals surface area (Å²) in [6.07, 6.45) is -0.556. The molecule has 0 atom stereocenters. The Morgan fingerprint density at radius 1 is 0.467 bits per heavy atom. The summed E-state index contributed by atoms with van der Waals surface area (Å²) >= 11 is 0. The standard InChI is InChI=1S/C40H34N4O/c1-43-36(32-24-14-6-15-25-32)34(30-20-10-4-11-21-30)41-39(43)38(45-28-29-18-8-3-9-19-29)40-42-35(31-22-12-5-13-23-31)37(44(40)2)33-26-16-7-17-27-33/h3-27,38H,28H2,1-2H3. The third-order valence-corrected chi connectivity index (χ3v) is 8.18. The summed E-state index contributed by atoms with van der Waals surface area (Å²) in [4.78, 5) is 10.7. The summed E-state index contributed by atoms with van der Waals surface area (Å²) in [6.45, 7) is 0.411. The molecule has 2 aromatic heterocycles. The second kappa shape index (κ2) is 12.6. The van der Waals surface area contributed by atoms with E-state index in [1.807, 2.05) is 42.5 Å². The third kappa shape index (κ3) is 5.62. The number of hydrogen-bond donors (Lipinski definition) is 0. The van der Waals surface area contributed by atoms with Gasteiger partial charge in [0, 0.05) is 36.3 Å². The second-order valence-electron chi connectivity index (χ2n) is 11.1. The normalized spacial score (nSPS) is 11.3. The number of rotatable bonds is 9. The van der Waals surface area contributed by atoms with Gasteiger partial charge in [0.2, 0.25) is 0 Å². The molecule has 45 heavy (non-hydrogen) atoms. The maximum atomic E-state index is 6.88. The second-order valence-corrected chi connectivity index (χ2v) is 11.1. The van der Waals surface area contributed by atoms with E-state index in [9.17, 15) is 0 Å². The number of benzene rings is 5. The van der Waals surface area contributed by atoms with Gasteiger partial charge in [-0.05, 0) is 5.56 Å². The predicted molar refractivity (Wildman–Crippen MR) is 181 cm³/mol. The van der Waals surface area contributed by atoms with Gasteiger partial charge in [-0.2, -0.15) is 0 Å². The van der Waals surface area contributed by atoms with E-state index in [1.54, 1.807) is 0 Å². The van der Waals surface area contributed by atoms with Crippen LogP contribution < -0.4 is 0 Å². The fourth-order valence-corrected chi connectivity index (χ4v) is 5.97. The SMILES string of the molecule is Cn1c(C(OCc2ccccc2)c2nc(-c3ccccc3)c(-c3ccccc3)n2C)nc(-c2ccccc2)c1-c1ccccc1. The molecule has 0 N–H and O–H groups in total. The highest BCUT2D eigenvalue weighted by molar-refractivity contribution is 5.80. The molecule has 220 valence electrons. The third-order valence-electron chi connectivity index (χ3n) is 8.18. The van der Waals surface area contributed by atoms with Crippen molar-refractivity contribution in [3.8, 4) is 45.0 Å². The lowest BCUT2D eigenvalue weighted by Gasteiger charge is -2.19. The average molecular weight is 587 g/mol. The van der Waals surface area contributed by atoms with Gasteiger partial charge < -0.3 is 13.9 Å². The highest BCUT2D eigenvalue weighted by Crippen LogP contribution is 2.39. The Balaban J connectivity index is 1.45. The van der Waals surface area contributed by atoms with Crippen LogP contribution in [0.3, 0.4) is 0 Å². The first-order chi connectivity index (χ1) is 22.2. The molecule has 5 heteroatoms. The smallest absolute Gasteiger partial charge is 0.173 e. The molecule has 7 aromatic rings. The first-order valence-electron chi connectivity index (χ1n) is 15.2. The summed E-state index contributed by atoms with van der Waals surface area (Å²) in [5, 5.41) is 0. The van der Waals surface area contributed by atoms with Gasteiger partial charge in [-0.15, -0.1) is 0 Å². The Morgan fingerprint density at radius 2 is 0.800 bits per heavy atom. The molecular weight excluding hydrogens is 552 g/mol. The van der Waals surface area contributed by atoms with Gasteiger partial charge in [-0.25, -0.2) is 9.97 Å². The van der Waals surface area contributed by atoms with Crippen molar-refractivity contribution in [2.75, 3.05) is 0 Å². The molecule has 0 saturated heterocycles. The summed E-state index contributed by atoms with van der Waals surface area (Å²) in [7, 11) is 4.16. The van der Waals surface area contributed by atoms with Gasteiger partial charge >= 0.3 is 0 Å². The quantitative estimate of drug-likeness (QED) is 0.169. The Kier molecular flexibility index (Phi) is 7.92. The Bertz CT molecular complexity index is 1870. The van der Waals surface area contributed by atoms with E-state index in [2.05, 4.69) is 132 Å². The van der Waals surface area contributed by atoms with Crippen molar-refractivity contribution < 1.29 is 4.74 Å². The molecule has 2 heterocycles. The van der Waals surface area contributed by atoms with Crippen LogP contribution in [-0.4, -0.2) is 19.1 Å². The van der Waals surface area contributed by atoms with Crippen LogP contribution in [0.25, 0.3) is 45.0 Å². The zero-order valence-corrected chi connectivity index (χ0v) is 25.4. The summed E-state index contributed by atoms with van der Waals surface area (Å²) in [5.41, 5.74) is 9.26. The fourth-order valence-electron chi connectivity index (χ4n) is 5.97. The molecule has 0 radical (unpaired) electrons. The molecule has 7 rings (SSSR count). The van der Waals surface area contributed by atoms with Crippen molar-refractivity contribution in [1.29, 1.82) is 0 Å². The molecule has 0 fully saturated rings. The highest BCUT2D eigenvalue weighted by Gasteiger charge is 2.31. The van der Waals surface area contributed by atoms with Crippen LogP contribution >= 0.6 is 0 Å². The average Bonchev–Trinajstić information content (AvgIpc) is 3.64. The molecule has 0 amide bonds. The minimum Gasteiger partial charge on any atom is -0.358 e. The van der Waals surface area contributed by atoms with Crippen molar-refractivity contribution in [2.24, 2.45) is 14.1 Å². The summed E-state index contributed by atoms with van der Waals surface area (Å²) in [5.74, 6) is 1.58. The number of imidazole rings is 2. The molecule has 0 aliphatic heterocycles. The van der Waals surface area contributed by atoms with E-state index >= 15 is 0 Å². The van der Waals surface area contributed by atoms with Gasteiger partial charge in [0.05, 0.1) is 29.4 Å². The van der Waals surface area contributed by atoms with Crippen molar-refractivity contribution in [1.82, 2.24) is 19.1 Å².